The van der Waals surface area contributed by atoms with Gasteiger partial charge in [0.25, 0.3) is 0 Å². The normalized spacial score (nSPS) is 22.9. The van der Waals surface area contributed by atoms with Gasteiger partial charge in [-0.2, -0.15) is 0 Å². The second-order valence-corrected chi connectivity index (χ2v) is 6.54. The molecule has 0 radical (unpaired) electrons. The van der Waals surface area contributed by atoms with Crippen LogP contribution in [0.3, 0.4) is 0 Å². The molecule has 2 rings (SSSR count). The highest BCUT2D eigenvalue weighted by Crippen LogP contribution is 2.29. The van der Waals surface area contributed by atoms with Crippen molar-refractivity contribution in [2.45, 2.75) is 45.1 Å². The smallest absolute Gasteiger partial charge is 0.244 e. The molecule has 2 aliphatic heterocycles. The van der Waals surface area contributed by atoms with Crippen molar-refractivity contribution in [1.82, 2.24) is 15.5 Å². The maximum atomic E-state index is 12.7. The van der Waals surface area contributed by atoms with Crippen LogP contribution in [0, 0.1) is 5.41 Å². The van der Waals surface area contributed by atoms with Crippen LogP contribution in [-0.2, 0) is 14.3 Å². The standard InChI is InChI=1S/C16H29N3O3/c1-13(14(20)19-10-4-3-5-11-19)18-15(21)16(12-22-2)6-8-17-9-7-16/h13,17H,3-12H2,1-2H3,(H,18,21). The molecule has 0 aromatic carbocycles. The third kappa shape index (κ3) is 3.98. The highest BCUT2D eigenvalue weighted by Gasteiger charge is 2.40. The summed E-state index contributed by atoms with van der Waals surface area (Å²) < 4.78 is 5.28. The van der Waals surface area contributed by atoms with Crippen molar-refractivity contribution >= 4 is 11.8 Å². The summed E-state index contributed by atoms with van der Waals surface area (Å²) in [6, 6.07) is -0.464. The number of methoxy groups -OCH3 is 1. The molecule has 0 aromatic heterocycles. The number of ether oxygens (including phenoxy) is 1. The van der Waals surface area contributed by atoms with Crippen molar-refractivity contribution < 1.29 is 14.3 Å². The third-order valence-corrected chi connectivity index (χ3v) is 4.85. The highest BCUT2D eigenvalue weighted by molar-refractivity contribution is 5.90. The molecule has 6 nitrogen and oxygen atoms in total. The van der Waals surface area contributed by atoms with Crippen molar-refractivity contribution in [3.05, 3.63) is 0 Å². The number of rotatable bonds is 5. The van der Waals surface area contributed by atoms with Crippen LogP contribution in [0.4, 0.5) is 0 Å². The molecule has 2 saturated heterocycles. The number of carbonyl (C=O) groups is 2. The fraction of sp³-hybridized carbons (Fsp3) is 0.875. The molecule has 0 spiro atoms. The maximum Gasteiger partial charge on any atom is 0.244 e. The molecule has 2 amide bonds. The Morgan fingerprint density at radius 1 is 1.23 bits per heavy atom. The highest BCUT2D eigenvalue weighted by atomic mass is 16.5. The number of hydrogen-bond acceptors (Lipinski definition) is 4. The Bertz CT molecular complexity index is 383. The second kappa shape index (κ2) is 7.92. The van der Waals surface area contributed by atoms with Gasteiger partial charge < -0.3 is 20.3 Å². The Balaban J connectivity index is 1.94. The number of carbonyl (C=O) groups excluding carboxylic acids is 2. The van der Waals surface area contributed by atoms with E-state index >= 15 is 0 Å². The van der Waals surface area contributed by atoms with Gasteiger partial charge in [0, 0.05) is 20.2 Å². The first-order valence-corrected chi connectivity index (χ1v) is 8.38. The quantitative estimate of drug-likeness (QED) is 0.776. The summed E-state index contributed by atoms with van der Waals surface area (Å²) in [7, 11) is 1.62. The van der Waals surface area contributed by atoms with Gasteiger partial charge in [0.1, 0.15) is 6.04 Å². The minimum atomic E-state index is -0.504. The van der Waals surface area contributed by atoms with E-state index in [1.807, 2.05) is 4.90 Å². The molecular formula is C16H29N3O3. The van der Waals surface area contributed by atoms with Gasteiger partial charge in [-0.25, -0.2) is 0 Å². The van der Waals surface area contributed by atoms with E-state index < -0.39 is 11.5 Å². The van der Waals surface area contributed by atoms with Gasteiger partial charge in [-0.3, -0.25) is 9.59 Å². The fourth-order valence-electron chi connectivity index (χ4n) is 3.42. The number of nitrogens with zero attached hydrogens (tertiary/aromatic N) is 1. The monoisotopic (exact) mass is 311 g/mol. The zero-order chi connectivity index (χ0) is 16.0. The van der Waals surface area contributed by atoms with Gasteiger partial charge >= 0.3 is 0 Å². The minimum absolute atomic E-state index is 0.0366. The third-order valence-electron chi connectivity index (χ3n) is 4.85. The number of nitrogens with one attached hydrogen (secondary N) is 2. The Labute approximate surface area is 132 Å². The summed E-state index contributed by atoms with van der Waals surface area (Å²) in [5.41, 5.74) is -0.504. The van der Waals surface area contributed by atoms with Gasteiger partial charge in [0.2, 0.25) is 11.8 Å². The SMILES string of the molecule is COCC1(C(=O)NC(C)C(=O)N2CCCCC2)CCNCC1. The molecule has 2 fully saturated rings. The van der Waals surface area contributed by atoms with E-state index in [-0.39, 0.29) is 11.8 Å². The lowest BCUT2D eigenvalue weighted by Gasteiger charge is -2.37. The molecule has 0 aromatic rings. The van der Waals surface area contributed by atoms with Crippen molar-refractivity contribution in [2.75, 3.05) is 39.9 Å². The van der Waals surface area contributed by atoms with Crippen LogP contribution in [0.2, 0.25) is 0 Å². The number of likely N-dealkylation sites (tertiary alicyclic amines) is 1. The molecule has 2 N–H and O–H groups in total. The molecule has 22 heavy (non-hydrogen) atoms. The van der Waals surface area contributed by atoms with Crippen LogP contribution < -0.4 is 10.6 Å². The molecule has 126 valence electrons. The lowest BCUT2D eigenvalue weighted by molar-refractivity contribution is -0.142. The molecule has 1 unspecified atom stereocenters. The van der Waals surface area contributed by atoms with E-state index in [2.05, 4.69) is 10.6 Å². The van der Waals surface area contributed by atoms with Crippen molar-refractivity contribution in [3.8, 4) is 0 Å². The lowest BCUT2D eigenvalue weighted by Crippen LogP contribution is -2.55. The van der Waals surface area contributed by atoms with Crippen molar-refractivity contribution in [2.24, 2.45) is 5.41 Å². The fourth-order valence-corrected chi connectivity index (χ4v) is 3.42. The lowest BCUT2D eigenvalue weighted by atomic mass is 9.78. The Morgan fingerprint density at radius 3 is 2.45 bits per heavy atom. The van der Waals surface area contributed by atoms with E-state index in [4.69, 9.17) is 4.74 Å². The zero-order valence-electron chi connectivity index (χ0n) is 13.8. The predicted molar refractivity (Wildman–Crippen MR) is 84.4 cm³/mol. The predicted octanol–water partition coefficient (Wildman–Crippen LogP) is 0.520. The van der Waals surface area contributed by atoms with E-state index in [0.29, 0.717) is 6.61 Å². The molecule has 0 saturated carbocycles. The van der Waals surface area contributed by atoms with Crippen molar-refractivity contribution in [1.29, 1.82) is 0 Å². The summed E-state index contributed by atoms with van der Waals surface area (Å²) in [5.74, 6) is -0.0109. The van der Waals surface area contributed by atoms with E-state index in [0.717, 1.165) is 51.9 Å². The molecular weight excluding hydrogens is 282 g/mol. The molecule has 6 heteroatoms. The first-order valence-electron chi connectivity index (χ1n) is 8.38. The molecule has 0 bridgehead atoms. The van der Waals surface area contributed by atoms with E-state index in [1.54, 1.807) is 14.0 Å². The number of piperidine rings is 2. The average Bonchev–Trinajstić information content (AvgIpc) is 2.56. The largest absolute Gasteiger partial charge is 0.384 e. The van der Waals surface area contributed by atoms with Crippen LogP contribution in [0.1, 0.15) is 39.0 Å². The average molecular weight is 311 g/mol. The summed E-state index contributed by atoms with van der Waals surface area (Å²) in [6.07, 6.45) is 4.81. The molecule has 2 heterocycles. The van der Waals surface area contributed by atoms with Crippen molar-refractivity contribution in [3.63, 3.8) is 0 Å². The minimum Gasteiger partial charge on any atom is -0.384 e. The van der Waals surface area contributed by atoms with E-state index in [9.17, 15) is 9.59 Å². The van der Waals surface area contributed by atoms with Crippen LogP contribution in [0.15, 0.2) is 0 Å². The van der Waals surface area contributed by atoms with Gasteiger partial charge in [-0.15, -0.1) is 0 Å². The van der Waals surface area contributed by atoms with Crippen LogP contribution >= 0.6 is 0 Å². The van der Waals surface area contributed by atoms with Gasteiger partial charge in [-0.05, 0) is 52.1 Å². The number of amides is 2. The summed E-state index contributed by atoms with van der Waals surface area (Å²) in [6.45, 7) is 5.44. The van der Waals surface area contributed by atoms with E-state index in [1.165, 1.54) is 6.42 Å². The Hall–Kier alpha value is -1.14. The number of hydrogen-bond donors (Lipinski definition) is 2. The van der Waals surface area contributed by atoms with Gasteiger partial charge in [0.15, 0.2) is 0 Å². The summed E-state index contributed by atoms with van der Waals surface area (Å²) >= 11 is 0. The topological polar surface area (TPSA) is 70.7 Å². The van der Waals surface area contributed by atoms with Crippen LogP contribution in [0.25, 0.3) is 0 Å². The molecule has 0 aliphatic carbocycles. The summed E-state index contributed by atoms with van der Waals surface area (Å²) in [5, 5.41) is 6.20. The van der Waals surface area contributed by atoms with Crippen LogP contribution in [-0.4, -0.2) is 62.7 Å². The summed E-state index contributed by atoms with van der Waals surface area (Å²) in [4.78, 5) is 27.0. The zero-order valence-corrected chi connectivity index (χ0v) is 13.8. The first kappa shape index (κ1) is 17.2. The van der Waals surface area contributed by atoms with Gasteiger partial charge in [0.05, 0.1) is 12.0 Å². The van der Waals surface area contributed by atoms with Gasteiger partial charge in [-0.1, -0.05) is 0 Å². The Morgan fingerprint density at radius 2 is 1.86 bits per heavy atom. The molecule has 2 aliphatic rings. The molecule has 1 atom stereocenters. The first-order chi connectivity index (χ1) is 10.6. The Kier molecular flexibility index (Phi) is 6.20. The maximum absolute atomic E-state index is 12.7. The second-order valence-electron chi connectivity index (χ2n) is 6.54. The van der Waals surface area contributed by atoms with Crippen LogP contribution in [0.5, 0.6) is 0 Å².